The summed E-state index contributed by atoms with van der Waals surface area (Å²) in [4.78, 5) is 11.9. The van der Waals surface area contributed by atoms with Gasteiger partial charge in [-0.3, -0.25) is 4.79 Å². The van der Waals surface area contributed by atoms with E-state index in [1.807, 2.05) is 12.1 Å². The predicted octanol–water partition coefficient (Wildman–Crippen LogP) is 3.33. The first kappa shape index (κ1) is 17.2. The normalized spacial score (nSPS) is 16.9. The molecule has 1 aromatic carbocycles. The smallest absolute Gasteiger partial charge is 0.230 e. The van der Waals surface area contributed by atoms with Crippen LogP contribution in [-0.2, 0) is 11.2 Å². The van der Waals surface area contributed by atoms with E-state index in [0.717, 1.165) is 37.1 Å². The predicted molar refractivity (Wildman–Crippen MR) is 89.5 cm³/mol. The summed E-state index contributed by atoms with van der Waals surface area (Å²) >= 11 is 1.70. The first-order valence-electron chi connectivity index (χ1n) is 6.96. The van der Waals surface area contributed by atoms with Gasteiger partial charge in [0.2, 0.25) is 5.91 Å². The number of benzene rings is 1. The third-order valence-electron chi connectivity index (χ3n) is 3.40. The van der Waals surface area contributed by atoms with Crippen LogP contribution in [0.15, 0.2) is 18.2 Å². The van der Waals surface area contributed by atoms with Crippen LogP contribution in [0.2, 0.25) is 0 Å². The molecule has 0 spiro atoms. The summed E-state index contributed by atoms with van der Waals surface area (Å²) in [7, 11) is 0. The number of amides is 1. The van der Waals surface area contributed by atoms with E-state index in [0.29, 0.717) is 5.75 Å². The topological polar surface area (TPSA) is 55.1 Å². The van der Waals surface area contributed by atoms with Gasteiger partial charge in [0, 0.05) is 5.69 Å². The van der Waals surface area contributed by atoms with E-state index >= 15 is 0 Å². The molecular formula is C15H23ClN2OS. The van der Waals surface area contributed by atoms with Gasteiger partial charge >= 0.3 is 0 Å². The third-order valence-corrected chi connectivity index (χ3v) is 4.56. The van der Waals surface area contributed by atoms with Crippen molar-refractivity contribution >= 4 is 35.8 Å². The molecular weight excluding hydrogens is 292 g/mol. The number of nitrogens with two attached hydrogens (primary N) is 1. The third kappa shape index (κ3) is 4.60. The SMILES string of the molecule is CCCSCC(=O)NC1CCCc2cc(N)ccc21.Cl. The minimum atomic E-state index is 0. The molecule has 20 heavy (non-hydrogen) atoms. The van der Waals surface area contributed by atoms with E-state index < -0.39 is 0 Å². The van der Waals surface area contributed by atoms with E-state index in [2.05, 4.69) is 18.3 Å². The Morgan fingerprint density at radius 3 is 3.05 bits per heavy atom. The lowest BCUT2D eigenvalue weighted by atomic mass is 9.87. The monoisotopic (exact) mass is 314 g/mol. The van der Waals surface area contributed by atoms with Crippen molar-refractivity contribution in [3.63, 3.8) is 0 Å². The molecule has 0 saturated carbocycles. The maximum absolute atomic E-state index is 11.9. The molecule has 3 nitrogen and oxygen atoms in total. The summed E-state index contributed by atoms with van der Waals surface area (Å²) in [6.07, 6.45) is 4.32. The molecule has 0 aliphatic heterocycles. The number of anilines is 1. The Balaban J connectivity index is 0.00000200. The Hall–Kier alpha value is -0.870. The summed E-state index contributed by atoms with van der Waals surface area (Å²) in [5.74, 6) is 1.76. The van der Waals surface area contributed by atoms with Crippen LogP contribution in [-0.4, -0.2) is 17.4 Å². The summed E-state index contributed by atoms with van der Waals surface area (Å²) in [5.41, 5.74) is 9.16. The van der Waals surface area contributed by atoms with E-state index in [1.54, 1.807) is 11.8 Å². The van der Waals surface area contributed by atoms with Gasteiger partial charge in [0.15, 0.2) is 0 Å². The molecule has 1 aromatic rings. The second-order valence-electron chi connectivity index (χ2n) is 5.02. The second kappa shape index (κ2) is 8.42. The molecule has 0 saturated heterocycles. The molecule has 1 amide bonds. The number of aryl methyl sites for hydroxylation is 1. The fraction of sp³-hybridized carbons (Fsp3) is 0.533. The average Bonchev–Trinajstić information content (AvgIpc) is 2.39. The molecule has 0 bridgehead atoms. The highest BCUT2D eigenvalue weighted by atomic mass is 35.5. The molecule has 1 aliphatic carbocycles. The fourth-order valence-electron chi connectivity index (χ4n) is 2.53. The van der Waals surface area contributed by atoms with Crippen LogP contribution < -0.4 is 11.1 Å². The summed E-state index contributed by atoms with van der Waals surface area (Å²) < 4.78 is 0. The highest BCUT2D eigenvalue weighted by Gasteiger charge is 2.21. The molecule has 1 atom stereocenters. The van der Waals surface area contributed by atoms with Gasteiger partial charge in [-0.05, 0) is 54.7 Å². The number of hydrogen-bond acceptors (Lipinski definition) is 3. The van der Waals surface area contributed by atoms with Gasteiger partial charge in [-0.1, -0.05) is 13.0 Å². The minimum Gasteiger partial charge on any atom is -0.399 e. The molecule has 1 unspecified atom stereocenters. The lowest BCUT2D eigenvalue weighted by Gasteiger charge is -2.26. The quantitative estimate of drug-likeness (QED) is 0.647. The van der Waals surface area contributed by atoms with Gasteiger partial charge in [-0.2, -0.15) is 11.8 Å². The van der Waals surface area contributed by atoms with Crippen molar-refractivity contribution in [2.75, 3.05) is 17.2 Å². The Morgan fingerprint density at radius 2 is 2.30 bits per heavy atom. The number of nitrogens with one attached hydrogen (secondary N) is 1. The largest absolute Gasteiger partial charge is 0.399 e. The molecule has 0 aromatic heterocycles. The molecule has 0 heterocycles. The molecule has 0 fully saturated rings. The summed E-state index contributed by atoms with van der Waals surface area (Å²) in [6, 6.07) is 6.20. The van der Waals surface area contributed by atoms with Crippen LogP contribution in [0.3, 0.4) is 0 Å². The Bertz CT molecular complexity index is 453. The van der Waals surface area contributed by atoms with Crippen LogP contribution in [0.5, 0.6) is 0 Å². The zero-order chi connectivity index (χ0) is 13.7. The van der Waals surface area contributed by atoms with E-state index in [9.17, 15) is 4.79 Å². The van der Waals surface area contributed by atoms with Gasteiger partial charge in [0.1, 0.15) is 0 Å². The zero-order valence-electron chi connectivity index (χ0n) is 11.9. The Labute approximate surface area is 131 Å². The number of carbonyl (C=O) groups excluding carboxylic acids is 1. The van der Waals surface area contributed by atoms with Crippen molar-refractivity contribution in [1.82, 2.24) is 5.32 Å². The highest BCUT2D eigenvalue weighted by Crippen LogP contribution is 2.30. The van der Waals surface area contributed by atoms with Gasteiger partial charge in [-0.15, -0.1) is 12.4 Å². The maximum Gasteiger partial charge on any atom is 0.230 e. The maximum atomic E-state index is 11.9. The number of carbonyl (C=O) groups is 1. The van der Waals surface area contributed by atoms with E-state index in [1.165, 1.54) is 11.1 Å². The van der Waals surface area contributed by atoms with Crippen molar-refractivity contribution in [3.05, 3.63) is 29.3 Å². The molecule has 5 heteroatoms. The molecule has 112 valence electrons. The summed E-state index contributed by atoms with van der Waals surface area (Å²) in [5, 5.41) is 3.15. The standard InChI is InChI=1S/C15H22N2OS.ClH/c1-2-8-19-10-15(18)17-14-5-3-4-11-9-12(16)6-7-13(11)14;/h6-7,9,14H,2-5,8,10,16H2,1H3,(H,17,18);1H. The first-order valence-corrected chi connectivity index (χ1v) is 8.11. The number of thioether (sulfide) groups is 1. The average molecular weight is 315 g/mol. The summed E-state index contributed by atoms with van der Waals surface area (Å²) in [6.45, 7) is 2.13. The number of hydrogen-bond donors (Lipinski definition) is 2. The van der Waals surface area contributed by atoms with Crippen LogP contribution in [0.1, 0.15) is 43.4 Å². The number of nitrogen functional groups attached to an aromatic ring is 1. The number of halogens is 1. The first-order chi connectivity index (χ1) is 9.20. The van der Waals surface area contributed by atoms with Gasteiger partial charge < -0.3 is 11.1 Å². The minimum absolute atomic E-state index is 0. The van der Waals surface area contributed by atoms with E-state index in [4.69, 9.17) is 5.73 Å². The van der Waals surface area contributed by atoms with Crippen LogP contribution in [0.4, 0.5) is 5.69 Å². The van der Waals surface area contributed by atoms with Crippen molar-refractivity contribution in [2.45, 2.75) is 38.6 Å². The fourth-order valence-corrected chi connectivity index (χ4v) is 3.23. The van der Waals surface area contributed by atoms with Crippen LogP contribution in [0.25, 0.3) is 0 Å². The van der Waals surface area contributed by atoms with Crippen molar-refractivity contribution in [3.8, 4) is 0 Å². The molecule has 0 radical (unpaired) electrons. The van der Waals surface area contributed by atoms with Gasteiger partial charge in [0.25, 0.3) is 0 Å². The van der Waals surface area contributed by atoms with Gasteiger partial charge in [-0.25, -0.2) is 0 Å². The number of rotatable bonds is 5. The molecule has 3 N–H and O–H groups in total. The van der Waals surface area contributed by atoms with Crippen molar-refractivity contribution in [1.29, 1.82) is 0 Å². The lowest BCUT2D eigenvalue weighted by molar-refractivity contribution is -0.119. The van der Waals surface area contributed by atoms with Crippen LogP contribution >= 0.6 is 24.2 Å². The van der Waals surface area contributed by atoms with Crippen molar-refractivity contribution < 1.29 is 4.79 Å². The van der Waals surface area contributed by atoms with Gasteiger partial charge in [0.05, 0.1) is 11.8 Å². The van der Waals surface area contributed by atoms with Crippen LogP contribution in [0, 0.1) is 0 Å². The number of fused-ring (bicyclic) bond motifs is 1. The second-order valence-corrected chi connectivity index (χ2v) is 6.13. The Kier molecular flexibility index (Phi) is 7.24. The molecule has 2 rings (SSSR count). The van der Waals surface area contributed by atoms with Crippen molar-refractivity contribution in [2.24, 2.45) is 0 Å². The molecule has 1 aliphatic rings. The Morgan fingerprint density at radius 1 is 1.50 bits per heavy atom. The zero-order valence-corrected chi connectivity index (χ0v) is 13.5. The lowest BCUT2D eigenvalue weighted by Crippen LogP contribution is -2.32. The highest BCUT2D eigenvalue weighted by molar-refractivity contribution is 7.99. The van der Waals surface area contributed by atoms with E-state index in [-0.39, 0.29) is 24.4 Å².